The maximum Gasteiger partial charge on any atom is 0.280 e. The van der Waals surface area contributed by atoms with Crippen molar-refractivity contribution in [1.82, 2.24) is 5.43 Å². The predicted molar refractivity (Wildman–Crippen MR) is 119 cm³/mol. The number of rotatable bonds is 6. The van der Waals surface area contributed by atoms with Crippen LogP contribution in [0.25, 0.3) is 0 Å². The third kappa shape index (κ3) is 5.97. The molecule has 4 nitrogen and oxygen atoms in total. The number of benzene rings is 2. The van der Waals surface area contributed by atoms with Gasteiger partial charge in [-0.15, -0.1) is 0 Å². The quantitative estimate of drug-likeness (QED) is 0.426. The zero-order valence-corrected chi connectivity index (χ0v) is 18.3. The molecule has 1 unspecified atom stereocenters. The summed E-state index contributed by atoms with van der Waals surface area (Å²) in [6.07, 6.45) is 5.79. The monoisotopic (exact) mass is 432 g/mol. The smallest absolute Gasteiger partial charge is 0.280 e. The molecule has 29 heavy (non-hydrogen) atoms. The summed E-state index contributed by atoms with van der Waals surface area (Å²) < 4.78 is 5.61. The summed E-state index contributed by atoms with van der Waals surface area (Å²) in [5.41, 5.74) is 5.69. The maximum absolute atomic E-state index is 12.3. The Balaban J connectivity index is 1.57. The molecule has 2 aromatic carbocycles. The molecule has 1 saturated carbocycles. The highest BCUT2D eigenvalue weighted by molar-refractivity contribution is 6.35. The van der Waals surface area contributed by atoms with Crippen LogP contribution in [0.4, 0.5) is 0 Å². The Kier molecular flexibility index (Phi) is 7.57. The maximum atomic E-state index is 12.3. The Morgan fingerprint density at radius 2 is 1.79 bits per heavy atom. The SMILES string of the molecule is CC(=NNC(=O)C(C)Oc1ccc(Cl)cc1Cl)c1ccc(C2CCCCC2)cc1. The summed E-state index contributed by atoms with van der Waals surface area (Å²) in [7, 11) is 0. The fourth-order valence-electron chi connectivity index (χ4n) is 3.54. The van der Waals surface area contributed by atoms with Gasteiger partial charge in [-0.3, -0.25) is 4.79 Å². The molecule has 0 spiro atoms. The first kappa shape index (κ1) is 21.7. The van der Waals surface area contributed by atoms with Crippen molar-refractivity contribution in [2.75, 3.05) is 0 Å². The van der Waals surface area contributed by atoms with Crippen LogP contribution in [0.3, 0.4) is 0 Å². The molecule has 2 aromatic rings. The molecule has 0 bridgehead atoms. The molecule has 1 atom stereocenters. The van der Waals surface area contributed by atoms with Gasteiger partial charge in [0, 0.05) is 5.02 Å². The van der Waals surface area contributed by atoms with E-state index in [1.165, 1.54) is 37.7 Å². The Bertz CT molecular complexity index is 875. The van der Waals surface area contributed by atoms with Gasteiger partial charge >= 0.3 is 0 Å². The highest BCUT2D eigenvalue weighted by Crippen LogP contribution is 2.32. The fourth-order valence-corrected chi connectivity index (χ4v) is 3.99. The first-order chi connectivity index (χ1) is 13.9. The van der Waals surface area contributed by atoms with Crippen molar-refractivity contribution in [3.63, 3.8) is 0 Å². The Morgan fingerprint density at radius 3 is 2.45 bits per heavy atom. The highest BCUT2D eigenvalue weighted by Gasteiger charge is 2.17. The zero-order chi connectivity index (χ0) is 20.8. The van der Waals surface area contributed by atoms with Gasteiger partial charge in [0.05, 0.1) is 10.7 Å². The van der Waals surface area contributed by atoms with Gasteiger partial charge in [0.25, 0.3) is 5.91 Å². The van der Waals surface area contributed by atoms with E-state index >= 15 is 0 Å². The molecular weight excluding hydrogens is 407 g/mol. The molecule has 3 rings (SSSR count). The average Bonchev–Trinajstić information content (AvgIpc) is 2.74. The first-order valence-corrected chi connectivity index (χ1v) is 10.8. The van der Waals surface area contributed by atoms with Crippen molar-refractivity contribution in [3.8, 4) is 5.75 Å². The number of halogens is 2. The van der Waals surface area contributed by atoms with Crippen molar-refractivity contribution >= 4 is 34.8 Å². The van der Waals surface area contributed by atoms with Crippen molar-refractivity contribution in [3.05, 3.63) is 63.6 Å². The van der Waals surface area contributed by atoms with Crippen LogP contribution in [-0.4, -0.2) is 17.7 Å². The lowest BCUT2D eigenvalue weighted by atomic mass is 9.84. The number of hydrazone groups is 1. The molecule has 154 valence electrons. The summed E-state index contributed by atoms with van der Waals surface area (Å²) in [5, 5.41) is 5.08. The molecular formula is C23H26Cl2N2O2. The van der Waals surface area contributed by atoms with Crippen molar-refractivity contribution in [2.24, 2.45) is 5.10 Å². The van der Waals surface area contributed by atoms with Crippen LogP contribution in [-0.2, 0) is 4.79 Å². The molecule has 1 aliphatic carbocycles. The molecule has 6 heteroatoms. The lowest BCUT2D eigenvalue weighted by Crippen LogP contribution is -2.34. The Hall–Kier alpha value is -2.04. The van der Waals surface area contributed by atoms with Crippen molar-refractivity contribution < 1.29 is 9.53 Å². The molecule has 0 aliphatic heterocycles. The third-order valence-corrected chi connectivity index (χ3v) is 5.84. The summed E-state index contributed by atoms with van der Waals surface area (Å²) in [6.45, 7) is 3.52. The van der Waals surface area contributed by atoms with E-state index in [4.69, 9.17) is 27.9 Å². The van der Waals surface area contributed by atoms with Crippen LogP contribution in [0.5, 0.6) is 5.75 Å². The number of carbonyl (C=O) groups is 1. The van der Waals surface area contributed by atoms with E-state index in [0.717, 1.165) is 11.3 Å². The molecule has 0 radical (unpaired) electrons. The number of hydrogen-bond acceptors (Lipinski definition) is 3. The predicted octanol–water partition coefficient (Wildman–Crippen LogP) is 6.35. The average molecular weight is 433 g/mol. The second-order valence-electron chi connectivity index (χ2n) is 7.47. The van der Waals surface area contributed by atoms with Crippen molar-refractivity contribution in [2.45, 2.75) is 58.0 Å². The first-order valence-electron chi connectivity index (χ1n) is 10.00. The van der Waals surface area contributed by atoms with Crippen LogP contribution in [0.15, 0.2) is 47.6 Å². The molecule has 1 amide bonds. The van der Waals surface area contributed by atoms with E-state index < -0.39 is 6.10 Å². The Labute approximate surface area is 182 Å². The minimum Gasteiger partial charge on any atom is -0.479 e. The molecule has 0 aromatic heterocycles. The van der Waals surface area contributed by atoms with Gasteiger partial charge in [-0.1, -0.05) is 66.7 Å². The van der Waals surface area contributed by atoms with E-state index in [0.29, 0.717) is 21.7 Å². The van der Waals surface area contributed by atoms with E-state index in [1.54, 1.807) is 25.1 Å². The van der Waals surface area contributed by atoms with Crippen LogP contribution in [0, 0.1) is 0 Å². The Morgan fingerprint density at radius 1 is 1.10 bits per heavy atom. The third-order valence-electron chi connectivity index (χ3n) is 5.31. The van der Waals surface area contributed by atoms with E-state index in [2.05, 4.69) is 34.8 Å². The molecule has 0 saturated heterocycles. The van der Waals surface area contributed by atoms with E-state index in [-0.39, 0.29) is 5.91 Å². The van der Waals surface area contributed by atoms with Crippen molar-refractivity contribution in [1.29, 1.82) is 0 Å². The number of carbonyl (C=O) groups excluding carboxylic acids is 1. The number of nitrogens with one attached hydrogen (secondary N) is 1. The topological polar surface area (TPSA) is 50.7 Å². The molecule has 0 heterocycles. The minimum absolute atomic E-state index is 0.353. The van der Waals surface area contributed by atoms with E-state index in [1.807, 2.05) is 6.92 Å². The second kappa shape index (κ2) is 10.1. The van der Waals surface area contributed by atoms with Crippen LogP contribution < -0.4 is 10.2 Å². The molecule has 1 aliphatic rings. The van der Waals surface area contributed by atoms with Crippen LogP contribution in [0.1, 0.15) is 63.0 Å². The number of nitrogens with zero attached hydrogens (tertiary/aromatic N) is 1. The van der Waals surface area contributed by atoms with Gasteiger partial charge in [0.2, 0.25) is 0 Å². The number of ether oxygens (including phenoxy) is 1. The number of hydrogen-bond donors (Lipinski definition) is 1. The van der Waals surface area contributed by atoms with Crippen LogP contribution in [0.2, 0.25) is 10.0 Å². The second-order valence-corrected chi connectivity index (χ2v) is 8.31. The summed E-state index contributed by atoms with van der Waals surface area (Å²) in [4.78, 5) is 12.3. The fraction of sp³-hybridized carbons (Fsp3) is 0.391. The lowest BCUT2D eigenvalue weighted by Gasteiger charge is -2.22. The van der Waals surface area contributed by atoms with Gasteiger partial charge in [0.1, 0.15) is 5.75 Å². The largest absolute Gasteiger partial charge is 0.479 e. The molecule has 1 fully saturated rings. The zero-order valence-electron chi connectivity index (χ0n) is 16.8. The number of amides is 1. The summed E-state index contributed by atoms with van der Waals surface area (Å²) in [5.74, 6) is 0.722. The van der Waals surface area contributed by atoms with Gasteiger partial charge in [0.15, 0.2) is 6.10 Å². The standard InChI is InChI=1S/C23H26Cl2N2O2/c1-15(17-8-10-19(11-9-17)18-6-4-3-5-7-18)26-27-23(28)16(2)29-22-13-12-20(24)14-21(22)25/h8-14,16,18H,3-7H2,1-2H3,(H,27,28). The van der Waals surface area contributed by atoms with Gasteiger partial charge in [-0.25, -0.2) is 5.43 Å². The van der Waals surface area contributed by atoms with Crippen LogP contribution >= 0.6 is 23.2 Å². The van der Waals surface area contributed by atoms with E-state index in [9.17, 15) is 4.79 Å². The highest BCUT2D eigenvalue weighted by atomic mass is 35.5. The summed E-state index contributed by atoms with van der Waals surface area (Å²) in [6, 6.07) is 13.4. The van der Waals surface area contributed by atoms with Gasteiger partial charge in [-0.2, -0.15) is 5.10 Å². The lowest BCUT2D eigenvalue weighted by molar-refractivity contribution is -0.127. The molecule has 1 N–H and O–H groups in total. The normalized spacial score (nSPS) is 16.3. The van der Waals surface area contributed by atoms with Gasteiger partial charge < -0.3 is 4.74 Å². The minimum atomic E-state index is -0.751. The summed E-state index contributed by atoms with van der Waals surface area (Å²) >= 11 is 12.0. The van der Waals surface area contributed by atoms with Gasteiger partial charge in [-0.05, 0) is 61.9 Å².